The summed E-state index contributed by atoms with van der Waals surface area (Å²) in [4.78, 5) is 2.20. The summed E-state index contributed by atoms with van der Waals surface area (Å²) in [6.45, 7) is 2.46. The molecule has 1 aromatic carbocycles. The maximum Gasteiger partial charge on any atom is 0.118 e. The number of hydrogen-bond donors (Lipinski definition) is 1. The summed E-state index contributed by atoms with van der Waals surface area (Å²) < 4.78 is 10.8. The van der Waals surface area contributed by atoms with Gasteiger partial charge in [-0.2, -0.15) is 0 Å². The van der Waals surface area contributed by atoms with Crippen molar-refractivity contribution < 1.29 is 14.6 Å². The first-order chi connectivity index (χ1) is 9.19. The molecule has 1 heterocycles. The van der Waals surface area contributed by atoms with Gasteiger partial charge in [-0.1, -0.05) is 12.1 Å². The van der Waals surface area contributed by atoms with Crippen LogP contribution in [-0.4, -0.2) is 56.1 Å². The number of rotatable bonds is 5. The fourth-order valence-electron chi connectivity index (χ4n) is 2.34. The Morgan fingerprint density at radius 1 is 1.42 bits per heavy atom. The van der Waals surface area contributed by atoms with Gasteiger partial charge in [0.1, 0.15) is 5.75 Å². The Balaban J connectivity index is 1.80. The van der Waals surface area contributed by atoms with Crippen molar-refractivity contribution >= 4 is 0 Å². The molecule has 1 aliphatic rings. The molecule has 1 aliphatic heterocycles. The van der Waals surface area contributed by atoms with Gasteiger partial charge in [-0.05, 0) is 37.6 Å². The first-order valence-corrected chi connectivity index (χ1v) is 6.80. The molecular formula is C15H23NO3. The molecule has 106 valence electrons. The van der Waals surface area contributed by atoms with Crippen molar-refractivity contribution in [2.45, 2.75) is 25.0 Å². The van der Waals surface area contributed by atoms with Gasteiger partial charge >= 0.3 is 0 Å². The minimum Gasteiger partial charge on any atom is -0.497 e. The van der Waals surface area contributed by atoms with Gasteiger partial charge in [-0.3, -0.25) is 0 Å². The second-order valence-corrected chi connectivity index (χ2v) is 5.13. The van der Waals surface area contributed by atoms with Gasteiger partial charge in [0.05, 0.1) is 25.9 Å². The monoisotopic (exact) mass is 265 g/mol. The molecule has 2 unspecified atom stereocenters. The standard InChI is InChI=1S/C15H23NO3/c1-16-9-10-19-15(11-16)14(17)8-5-12-3-6-13(18-2)7-4-12/h3-4,6-7,14-15,17H,5,8-11H2,1-2H3. The molecule has 0 amide bonds. The lowest BCUT2D eigenvalue weighted by molar-refractivity contribution is -0.0847. The highest BCUT2D eigenvalue weighted by Crippen LogP contribution is 2.16. The third kappa shape index (κ3) is 4.20. The molecule has 0 saturated carbocycles. The van der Waals surface area contributed by atoms with Crippen molar-refractivity contribution in [1.29, 1.82) is 0 Å². The molecule has 1 N–H and O–H groups in total. The average Bonchev–Trinajstić information content (AvgIpc) is 2.45. The second kappa shape index (κ2) is 6.89. The van der Waals surface area contributed by atoms with E-state index in [1.807, 2.05) is 24.3 Å². The number of nitrogens with zero attached hydrogens (tertiary/aromatic N) is 1. The van der Waals surface area contributed by atoms with Crippen molar-refractivity contribution in [3.05, 3.63) is 29.8 Å². The lowest BCUT2D eigenvalue weighted by atomic mass is 10.0. The SMILES string of the molecule is COc1ccc(CCC(O)C2CN(C)CCO2)cc1. The van der Waals surface area contributed by atoms with E-state index in [4.69, 9.17) is 9.47 Å². The summed E-state index contributed by atoms with van der Waals surface area (Å²) >= 11 is 0. The van der Waals surface area contributed by atoms with E-state index in [-0.39, 0.29) is 6.10 Å². The molecule has 4 nitrogen and oxygen atoms in total. The molecule has 4 heteroatoms. The number of aryl methyl sites for hydroxylation is 1. The zero-order valence-electron chi connectivity index (χ0n) is 11.7. The molecule has 2 atom stereocenters. The molecule has 0 aromatic heterocycles. The maximum absolute atomic E-state index is 10.2. The predicted octanol–water partition coefficient (Wildman–Crippen LogP) is 1.32. The Hall–Kier alpha value is -1.10. The highest BCUT2D eigenvalue weighted by atomic mass is 16.5. The van der Waals surface area contributed by atoms with Crippen molar-refractivity contribution in [1.82, 2.24) is 4.90 Å². The van der Waals surface area contributed by atoms with Crippen LogP contribution in [0.1, 0.15) is 12.0 Å². The fraction of sp³-hybridized carbons (Fsp3) is 0.600. The number of aliphatic hydroxyl groups excluding tert-OH is 1. The molecular weight excluding hydrogens is 242 g/mol. The van der Waals surface area contributed by atoms with Crippen molar-refractivity contribution in [3.8, 4) is 5.75 Å². The van der Waals surface area contributed by atoms with E-state index < -0.39 is 6.10 Å². The number of hydrogen-bond acceptors (Lipinski definition) is 4. The third-order valence-corrected chi connectivity index (χ3v) is 3.61. The Bertz CT molecular complexity index is 379. The van der Waals surface area contributed by atoms with Gasteiger partial charge in [0, 0.05) is 13.1 Å². The molecule has 0 radical (unpaired) electrons. The van der Waals surface area contributed by atoms with Crippen LogP contribution in [0.4, 0.5) is 0 Å². The Labute approximate surface area is 114 Å². The van der Waals surface area contributed by atoms with Crippen LogP contribution in [0.5, 0.6) is 5.75 Å². The quantitative estimate of drug-likeness (QED) is 0.872. The minimum absolute atomic E-state index is 0.0583. The fourth-order valence-corrected chi connectivity index (χ4v) is 2.34. The molecule has 2 rings (SSSR count). The zero-order chi connectivity index (χ0) is 13.7. The second-order valence-electron chi connectivity index (χ2n) is 5.13. The van der Waals surface area contributed by atoms with Gasteiger partial charge < -0.3 is 19.5 Å². The number of aliphatic hydroxyl groups is 1. The molecule has 1 aromatic rings. The molecule has 0 bridgehead atoms. The van der Waals surface area contributed by atoms with E-state index in [9.17, 15) is 5.11 Å². The van der Waals surface area contributed by atoms with Crippen LogP contribution in [0.3, 0.4) is 0 Å². The van der Waals surface area contributed by atoms with Crippen LogP contribution >= 0.6 is 0 Å². The van der Waals surface area contributed by atoms with E-state index in [1.165, 1.54) is 5.56 Å². The van der Waals surface area contributed by atoms with Crippen molar-refractivity contribution in [2.24, 2.45) is 0 Å². The Morgan fingerprint density at radius 2 is 2.16 bits per heavy atom. The van der Waals surface area contributed by atoms with E-state index in [1.54, 1.807) is 7.11 Å². The first kappa shape index (κ1) is 14.3. The number of methoxy groups -OCH3 is 1. The van der Waals surface area contributed by atoms with Crippen molar-refractivity contribution in [2.75, 3.05) is 33.9 Å². The normalized spacial score (nSPS) is 22.2. The van der Waals surface area contributed by atoms with Crippen LogP contribution in [0, 0.1) is 0 Å². The molecule has 19 heavy (non-hydrogen) atoms. The minimum atomic E-state index is -0.398. The van der Waals surface area contributed by atoms with Crippen LogP contribution in [0.25, 0.3) is 0 Å². The van der Waals surface area contributed by atoms with Crippen LogP contribution in [-0.2, 0) is 11.2 Å². The zero-order valence-corrected chi connectivity index (χ0v) is 11.7. The van der Waals surface area contributed by atoms with Crippen LogP contribution in [0.15, 0.2) is 24.3 Å². The molecule has 1 saturated heterocycles. The van der Waals surface area contributed by atoms with Gasteiger partial charge in [-0.15, -0.1) is 0 Å². The molecule has 1 fully saturated rings. The van der Waals surface area contributed by atoms with Crippen molar-refractivity contribution in [3.63, 3.8) is 0 Å². The highest BCUT2D eigenvalue weighted by molar-refractivity contribution is 5.27. The van der Waals surface area contributed by atoms with E-state index >= 15 is 0 Å². The number of morpholine rings is 1. The number of benzene rings is 1. The molecule has 0 aliphatic carbocycles. The number of ether oxygens (including phenoxy) is 2. The smallest absolute Gasteiger partial charge is 0.118 e. The summed E-state index contributed by atoms with van der Waals surface area (Å²) in [6.07, 6.45) is 1.13. The highest BCUT2D eigenvalue weighted by Gasteiger charge is 2.24. The van der Waals surface area contributed by atoms with E-state index in [0.717, 1.165) is 31.7 Å². The van der Waals surface area contributed by atoms with Gasteiger partial charge in [-0.25, -0.2) is 0 Å². The molecule has 0 spiro atoms. The summed E-state index contributed by atoms with van der Waals surface area (Å²) in [6, 6.07) is 7.98. The van der Waals surface area contributed by atoms with E-state index in [2.05, 4.69) is 11.9 Å². The largest absolute Gasteiger partial charge is 0.497 e. The van der Waals surface area contributed by atoms with Gasteiger partial charge in [0.15, 0.2) is 0 Å². The lowest BCUT2D eigenvalue weighted by Crippen LogP contribution is -2.46. The lowest BCUT2D eigenvalue weighted by Gasteiger charge is -2.32. The Morgan fingerprint density at radius 3 is 2.79 bits per heavy atom. The predicted molar refractivity (Wildman–Crippen MR) is 74.6 cm³/mol. The first-order valence-electron chi connectivity index (χ1n) is 6.80. The van der Waals surface area contributed by atoms with Crippen LogP contribution < -0.4 is 4.74 Å². The van der Waals surface area contributed by atoms with Gasteiger partial charge in [0.25, 0.3) is 0 Å². The number of likely N-dealkylation sites (N-methyl/N-ethyl adjacent to an activating group) is 1. The summed E-state index contributed by atoms with van der Waals surface area (Å²) in [7, 11) is 3.72. The third-order valence-electron chi connectivity index (χ3n) is 3.61. The summed E-state index contributed by atoms with van der Waals surface area (Å²) in [5.41, 5.74) is 1.21. The summed E-state index contributed by atoms with van der Waals surface area (Å²) in [5, 5.41) is 10.2. The topological polar surface area (TPSA) is 41.9 Å². The average molecular weight is 265 g/mol. The van der Waals surface area contributed by atoms with Gasteiger partial charge in [0.2, 0.25) is 0 Å². The maximum atomic E-state index is 10.2. The summed E-state index contributed by atoms with van der Waals surface area (Å²) in [5.74, 6) is 0.863. The Kier molecular flexibility index (Phi) is 5.19. The van der Waals surface area contributed by atoms with Crippen LogP contribution in [0.2, 0.25) is 0 Å². The van der Waals surface area contributed by atoms with E-state index in [0.29, 0.717) is 6.61 Å².